The summed E-state index contributed by atoms with van der Waals surface area (Å²) in [6.07, 6.45) is 0.290. The molecule has 0 bridgehead atoms. The maximum atomic E-state index is 13.3. The van der Waals surface area contributed by atoms with Gasteiger partial charge in [-0.3, -0.25) is 9.59 Å². The molecule has 0 saturated heterocycles. The van der Waals surface area contributed by atoms with E-state index in [9.17, 15) is 14.0 Å². The van der Waals surface area contributed by atoms with E-state index in [4.69, 9.17) is 0 Å². The first-order valence-electron chi connectivity index (χ1n) is 7.98. The maximum Gasteiger partial charge on any atom is 0.231 e. The van der Waals surface area contributed by atoms with Crippen LogP contribution in [0.3, 0.4) is 0 Å². The van der Waals surface area contributed by atoms with E-state index in [1.54, 1.807) is 42.3 Å². The van der Waals surface area contributed by atoms with E-state index < -0.39 is 5.82 Å². The molecule has 0 unspecified atom stereocenters. The molecule has 0 aliphatic carbocycles. The van der Waals surface area contributed by atoms with Crippen molar-refractivity contribution in [3.05, 3.63) is 59.4 Å². The molecule has 0 radical (unpaired) electrons. The van der Waals surface area contributed by atoms with Gasteiger partial charge in [0, 0.05) is 23.9 Å². The van der Waals surface area contributed by atoms with E-state index in [-0.39, 0.29) is 30.5 Å². The van der Waals surface area contributed by atoms with Gasteiger partial charge in [0.2, 0.25) is 11.7 Å². The number of benzene rings is 2. The first kappa shape index (κ1) is 16.1. The molecule has 3 aromatic rings. The van der Waals surface area contributed by atoms with Gasteiger partial charge >= 0.3 is 0 Å². The Morgan fingerprint density at radius 2 is 2.08 bits per heavy atom. The molecule has 0 fully saturated rings. The van der Waals surface area contributed by atoms with Gasteiger partial charge in [-0.15, -0.1) is 10.2 Å². The fourth-order valence-electron chi connectivity index (χ4n) is 2.92. The second kappa shape index (κ2) is 6.14. The Morgan fingerprint density at radius 3 is 2.88 bits per heavy atom. The Balaban J connectivity index is 1.53. The molecule has 2 heterocycles. The maximum absolute atomic E-state index is 13.3. The highest BCUT2D eigenvalue weighted by atomic mass is 19.1. The van der Waals surface area contributed by atoms with Gasteiger partial charge in [0.1, 0.15) is 12.4 Å². The lowest BCUT2D eigenvalue weighted by atomic mass is 10.1. The van der Waals surface area contributed by atoms with Gasteiger partial charge in [-0.1, -0.05) is 12.1 Å². The molecule has 1 aromatic heterocycles. The minimum Gasteiger partial charge on any atom is -0.315 e. The topological polar surface area (TPSA) is 81.0 Å². The summed E-state index contributed by atoms with van der Waals surface area (Å²) < 4.78 is 13.3. The zero-order chi connectivity index (χ0) is 18.3. The molecule has 7 nitrogen and oxygen atoms in total. The minimum atomic E-state index is -0.396. The molecule has 0 saturated carbocycles. The van der Waals surface area contributed by atoms with Crippen LogP contribution in [0.5, 0.6) is 0 Å². The van der Waals surface area contributed by atoms with Crippen LogP contribution >= 0.6 is 0 Å². The standard InChI is InChI=1S/C18H14FN5O2/c1-23-15-6-5-11(7-13(15)9-17(23)26)16(25)10-24-21-18(20-22-24)12-3-2-4-14(19)8-12/h2-8H,9-10H2,1H3. The summed E-state index contributed by atoms with van der Waals surface area (Å²) in [6.45, 7) is -0.0924. The number of likely N-dealkylation sites (N-methyl/N-ethyl adjacent to an activating group) is 1. The number of hydrogen-bond acceptors (Lipinski definition) is 5. The van der Waals surface area contributed by atoms with Crippen LogP contribution in [0, 0.1) is 5.82 Å². The summed E-state index contributed by atoms with van der Waals surface area (Å²) in [4.78, 5) is 27.0. The Morgan fingerprint density at radius 1 is 1.23 bits per heavy atom. The molecule has 0 N–H and O–H groups in total. The molecule has 0 atom stereocenters. The Labute approximate surface area is 148 Å². The summed E-state index contributed by atoms with van der Waals surface area (Å²) in [5, 5.41) is 11.8. The third-order valence-corrected chi connectivity index (χ3v) is 4.30. The number of aromatic nitrogens is 4. The minimum absolute atomic E-state index is 0.00211. The fourth-order valence-corrected chi connectivity index (χ4v) is 2.92. The Hall–Kier alpha value is -3.42. The van der Waals surface area contributed by atoms with Crippen LogP contribution in [0.25, 0.3) is 11.4 Å². The summed E-state index contributed by atoms with van der Waals surface area (Å²) in [7, 11) is 1.71. The highest BCUT2D eigenvalue weighted by Gasteiger charge is 2.25. The van der Waals surface area contributed by atoms with Crippen molar-refractivity contribution < 1.29 is 14.0 Å². The number of fused-ring (bicyclic) bond motifs is 1. The van der Waals surface area contributed by atoms with Gasteiger partial charge in [0.15, 0.2) is 5.78 Å². The number of rotatable bonds is 4. The molecule has 1 aliphatic rings. The van der Waals surface area contributed by atoms with E-state index in [1.165, 1.54) is 16.9 Å². The third kappa shape index (κ3) is 2.85. The largest absolute Gasteiger partial charge is 0.315 e. The molecule has 8 heteroatoms. The molecule has 4 rings (SSSR count). The average Bonchev–Trinajstić information content (AvgIpc) is 3.20. The van der Waals surface area contributed by atoms with E-state index in [1.807, 2.05) is 0 Å². The normalized spacial score (nSPS) is 13.2. The number of amides is 1. The fraction of sp³-hybridized carbons (Fsp3) is 0.167. The van der Waals surface area contributed by atoms with Gasteiger partial charge in [0.25, 0.3) is 0 Å². The van der Waals surface area contributed by atoms with Crippen molar-refractivity contribution >= 4 is 17.4 Å². The predicted octanol–water partition coefficient (Wildman–Crippen LogP) is 1.88. The lowest BCUT2D eigenvalue weighted by molar-refractivity contribution is -0.117. The zero-order valence-electron chi connectivity index (χ0n) is 13.9. The summed E-state index contributed by atoms with van der Waals surface area (Å²) in [6, 6.07) is 11.0. The number of carbonyl (C=O) groups excluding carboxylic acids is 2. The molecular formula is C18H14FN5O2. The lowest BCUT2D eigenvalue weighted by Gasteiger charge is -2.10. The predicted molar refractivity (Wildman–Crippen MR) is 91.1 cm³/mol. The number of tetrazole rings is 1. The number of hydrogen-bond donors (Lipinski definition) is 0. The van der Waals surface area contributed by atoms with Crippen LogP contribution in [-0.4, -0.2) is 38.9 Å². The first-order valence-corrected chi connectivity index (χ1v) is 7.98. The van der Waals surface area contributed by atoms with Gasteiger partial charge in [-0.2, -0.15) is 4.80 Å². The van der Waals surface area contributed by atoms with Crippen LogP contribution in [0.1, 0.15) is 15.9 Å². The van der Waals surface area contributed by atoms with Crippen LogP contribution in [-0.2, 0) is 17.8 Å². The van der Waals surface area contributed by atoms with Crippen molar-refractivity contribution in [2.75, 3.05) is 11.9 Å². The monoisotopic (exact) mass is 351 g/mol. The quantitative estimate of drug-likeness (QED) is 0.671. The summed E-state index contributed by atoms with van der Waals surface area (Å²) in [5.74, 6) is -0.341. The van der Waals surface area contributed by atoms with E-state index in [0.717, 1.165) is 11.3 Å². The number of nitrogens with zero attached hydrogens (tertiary/aromatic N) is 5. The number of ketones is 1. The van der Waals surface area contributed by atoms with Crippen LogP contribution in [0.4, 0.5) is 10.1 Å². The van der Waals surface area contributed by atoms with Crippen molar-refractivity contribution in [1.82, 2.24) is 20.2 Å². The average molecular weight is 351 g/mol. The number of carbonyl (C=O) groups is 2. The molecular weight excluding hydrogens is 337 g/mol. The molecule has 1 amide bonds. The summed E-state index contributed by atoms with van der Waals surface area (Å²) in [5.41, 5.74) is 2.62. The third-order valence-electron chi connectivity index (χ3n) is 4.30. The molecule has 1 aliphatic heterocycles. The molecule has 26 heavy (non-hydrogen) atoms. The van der Waals surface area contributed by atoms with Crippen molar-refractivity contribution in [1.29, 1.82) is 0 Å². The smallest absolute Gasteiger partial charge is 0.231 e. The van der Waals surface area contributed by atoms with Crippen LogP contribution in [0.2, 0.25) is 0 Å². The number of anilines is 1. The van der Waals surface area contributed by atoms with Gasteiger partial charge < -0.3 is 4.90 Å². The summed E-state index contributed by atoms with van der Waals surface area (Å²) >= 11 is 0. The van der Waals surface area contributed by atoms with E-state index in [2.05, 4.69) is 15.4 Å². The second-order valence-electron chi connectivity index (χ2n) is 6.05. The van der Waals surface area contributed by atoms with Gasteiger partial charge in [0.05, 0.1) is 6.42 Å². The Bertz CT molecular complexity index is 1030. The van der Waals surface area contributed by atoms with Crippen molar-refractivity contribution in [3.63, 3.8) is 0 Å². The first-order chi connectivity index (χ1) is 12.5. The van der Waals surface area contributed by atoms with Gasteiger partial charge in [-0.25, -0.2) is 4.39 Å². The Kier molecular flexibility index (Phi) is 3.80. The van der Waals surface area contributed by atoms with Crippen LogP contribution < -0.4 is 4.90 Å². The van der Waals surface area contributed by atoms with E-state index >= 15 is 0 Å². The number of halogens is 1. The highest BCUT2D eigenvalue weighted by molar-refractivity contribution is 6.03. The second-order valence-corrected chi connectivity index (χ2v) is 6.05. The SMILES string of the molecule is CN1C(=O)Cc2cc(C(=O)Cn3nnc(-c4cccc(F)c4)n3)ccc21. The van der Waals surface area contributed by atoms with Crippen molar-refractivity contribution in [2.45, 2.75) is 13.0 Å². The van der Waals surface area contributed by atoms with Crippen LogP contribution in [0.15, 0.2) is 42.5 Å². The van der Waals surface area contributed by atoms with Crippen molar-refractivity contribution in [3.8, 4) is 11.4 Å². The molecule has 0 spiro atoms. The lowest BCUT2D eigenvalue weighted by Crippen LogP contribution is -2.20. The van der Waals surface area contributed by atoms with Gasteiger partial charge in [-0.05, 0) is 41.1 Å². The molecule has 130 valence electrons. The highest BCUT2D eigenvalue weighted by Crippen LogP contribution is 2.28. The zero-order valence-corrected chi connectivity index (χ0v) is 13.9. The van der Waals surface area contributed by atoms with E-state index in [0.29, 0.717) is 11.1 Å². The van der Waals surface area contributed by atoms with Crippen molar-refractivity contribution in [2.24, 2.45) is 0 Å². The molecule has 2 aromatic carbocycles. The number of Topliss-reactive ketones (excluding diaryl/α,β-unsaturated/α-hetero) is 1.